The van der Waals surface area contributed by atoms with Crippen molar-refractivity contribution in [1.29, 1.82) is 0 Å². The number of methoxy groups -OCH3 is 1. The summed E-state index contributed by atoms with van der Waals surface area (Å²) in [5, 5.41) is 14.3. The number of thioether (sulfide) groups is 1. The van der Waals surface area contributed by atoms with Crippen molar-refractivity contribution in [3.05, 3.63) is 52.1 Å². The van der Waals surface area contributed by atoms with Gasteiger partial charge in [-0.05, 0) is 35.7 Å². The van der Waals surface area contributed by atoms with Gasteiger partial charge in [-0.1, -0.05) is 23.4 Å². The quantitative estimate of drug-likeness (QED) is 0.412. The van der Waals surface area contributed by atoms with Crippen molar-refractivity contribution in [3.8, 4) is 5.75 Å². The number of ether oxygens (including phenoxy) is 2. The van der Waals surface area contributed by atoms with Gasteiger partial charge >= 0.3 is 5.97 Å². The minimum atomic E-state index is -0.493. The molecule has 3 aromatic rings. The first-order valence-corrected chi connectivity index (χ1v) is 10.6. The first-order chi connectivity index (χ1) is 14.0. The molecule has 1 N–H and O–H groups in total. The zero-order valence-corrected chi connectivity index (χ0v) is 17.9. The number of esters is 1. The summed E-state index contributed by atoms with van der Waals surface area (Å²) in [6, 6.07) is 8.63. The highest BCUT2D eigenvalue weighted by molar-refractivity contribution is 7.99. The lowest BCUT2D eigenvalue weighted by molar-refractivity contribution is -0.113. The summed E-state index contributed by atoms with van der Waals surface area (Å²) in [6.45, 7) is 0.232. The van der Waals surface area contributed by atoms with Crippen LogP contribution in [0.4, 0.5) is 5.00 Å². The van der Waals surface area contributed by atoms with Crippen LogP contribution in [0, 0.1) is 0 Å². The van der Waals surface area contributed by atoms with E-state index in [1.165, 1.54) is 30.2 Å². The summed E-state index contributed by atoms with van der Waals surface area (Å²) < 4.78 is 12.1. The number of nitrogens with zero attached hydrogens (tertiary/aromatic N) is 3. The van der Waals surface area contributed by atoms with Crippen LogP contribution in [0.15, 0.2) is 40.9 Å². The van der Waals surface area contributed by atoms with Crippen molar-refractivity contribution < 1.29 is 19.1 Å². The van der Waals surface area contributed by atoms with Crippen LogP contribution in [0.2, 0.25) is 5.02 Å². The number of nitrogens with one attached hydrogen (secondary N) is 1. The molecular weight excluding hydrogens is 436 g/mol. The molecule has 2 aromatic heterocycles. The molecule has 0 spiro atoms. The van der Waals surface area contributed by atoms with Crippen molar-refractivity contribution >= 4 is 51.6 Å². The number of anilines is 1. The molecule has 1 aromatic carbocycles. The van der Waals surface area contributed by atoms with Crippen LogP contribution in [0.25, 0.3) is 0 Å². The van der Waals surface area contributed by atoms with E-state index in [-0.39, 0.29) is 18.3 Å². The Balaban J connectivity index is 1.53. The standard InChI is InChI=1S/C18H17ClN4O4S2/c1-23-14(9-27-12-5-3-11(19)4-6-12)21-22-18(23)29-10-15(24)20-16-13(7-8-28-16)17(25)26-2/h3-8H,9-10H2,1-2H3,(H,20,24). The number of hydrogen-bond donors (Lipinski definition) is 1. The van der Waals surface area contributed by atoms with Crippen molar-refractivity contribution in [3.63, 3.8) is 0 Å². The molecule has 0 aliphatic carbocycles. The minimum Gasteiger partial charge on any atom is -0.486 e. The van der Waals surface area contributed by atoms with Crippen molar-refractivity contribution in [2.24, 2.45) is 7.05 Å². The van der Waals surface area contributed by atoms with Crippen LogP contribution in [0.3, 0.4) is 0 Å². The van der Waals surface area contributed by atoms with Crippen LogP contribution in [0.5, 0.6) is 5.75 Å². The Hall–Kier alpha value is -2.56. The fraction of sp³-hybridized carbons (Fsp3) is 0.222. The fourth-order valence-corrected chi connectivity index (χ4v) is 3.89. The topological polar surface area (TPSA) is 95.3 Å². The zero-order chi connectivity index (χ0) is 20.8. The van der Waals surface area contributed by atoms with Gasteiger partial charge in [-0.3, -0.25) is 4.79 Å². The average molecular weight is 453 g/mol. The molecule has 3 rings (SSSR count). The normalized spacial score (nSPS) is 10.6. The second-order valence-electron chi connectivity index (χ2n) is 5.69. The maximum Gasteiger partial charge on any atom is 0.340 e. The zero-order valence-electron chi connectivity index (χ0n) is 15.5. The number of carbonyl (C=O) groups is 2. The lowest BCUT2D eigenvalue weighted by Gasteiger charge is -2.07. The Kier molecular flexibility index (Phi) is 7.13. The molecule has 0 saturated carbocycles. The Labute approximate surface area is 180 Å². The van der Waals surface area contributed by atoms with Gasteiger partial charge in [-0.15, -0.1) is 21.5 Å². The van der Waals surface area contributed by atoms with Crippen LogP contribution < -0.4 is 10.1 Å². The number of amides is 1. The number of thiophene rings is 1. The highest BCUT2D eigenvalue weighted by Gasteiger charge is 2.17. The fourth-order valence-electron chi connectivity index (χ4n) is 2.24. The van der Waals surface area contributed by atoms with Crippen LogP contribution >= 0.6 is 34.7 Å². The molecule has 11 heteroatoms. The Morgan fingerprint density at radius 2 is 2.00 bits per heavy atom. The molecule has 8 nitrogen and oxygen atoms in total. The maximum absolute atomic E-state index is 12.2. The number of rotatable bonds is 8. The molecule has 29 heavy (non-hydrogen) atoms. The number of hydrogen-bond acceptors (Lipinski definition) is 8. The van der Waals surface area contributed by atoms with Gasteiger partial charge in [0.2, 0.25) is 5.91 Å². The van der Waals surface area contributed by atoms with Gasteiger partial charge in [0, 0.05) is 12.1 Å². The molecule has 1 amide bonds. The summed E-state index contributed by atoms with van der Waals surface area (Å²) in [7, 11) is 3.10. The van der Waals surface area contributed by atoms with E-state index in [9.17, 15) is 9.59 Å². The first kappa shape index (κ1) is 21.2. The van der Waals surface area contributed by atoms with E-state index >= 15 is 0 Å². The maximum atomic E-state index is 12.2. The van der Waals surface area contributed by atoms with Gasteiger partial charge in [-0.25, -0.2) is 4.79 Å². The third kappa shape index (κ3) is 5.49. The van der Waals surface area contributed by atoms with Crippen LogP contribution in [-0.2, 0) is 23.2 Å². The van der Waals surface area contributed by atoms with Gasteiger partial charge in [0.15, 0.2) is 11.0 Å². The summed E-state index contributed by atoms with van der Waals surface area (Å²) in [4.78, 5) is 23.9. The molecule has 0 fully saturated rings. The van der Waals surface area contributed by atoms with Crippen LogP contribution in [-0.4, -0.2) is 39.5 Å². The Morgan fingerprint density at radius 1 is 1.24 bits per heavy atom. The third-order valence-corrected chi connectivity index (χ3v) is 5.86. The molecule has 0 bridgehead atoms. The molecule has 0 unspecified atom stereocenters. The summed E-state index contributed by atoms with van der Waals surface area (Å²) in [5.74, 6) is 0.651. The largest absolute Gasteiger partial charge is 0.486 e. The predicted molar refractivity (Wildman–Crippen MR) is 112 cm³/mol. The Bertz CT molecular complexity index is 1000. The van der Waals surface area contributed by atoms with E-state index in [4.69, 9.17) is 21.1 Å². The predicted octanol–water partition coefficient (Wildman–Crippen LogP) is 3.63. The number of halogens is 1. The van der Waals surface area contributed by atoms with Crippen molar-refractivity contribution in [1.82, 2.24) is 14.8 Å². The number of benzene rings is 1. The lowest BCUT2D eigenvalue weighted by Crippen LogP contribution is -2.16. The van der Waals surface area contributed by atoms with E-state index in [1.807, 2.05) is 0 Å². The van der Waals surface area contributed by atoms with Gasteiger partial charge in [0.1, 0.15) is 17.4 Å². The third-order valence-electron chi connectivity index (χ3n) is 3.76. The Morgan fingerprint density at radius 3 is 2.72 bits per heavy atom. The molecule has 0 radical (unpaired) electrons. The SMILES string of the molecule is COC(=O)c1ccsc1NC(=O)CSc1nnc(COc2ccc(Cl)cc2)n1C. The second-order valence-corrected chi connectivity index (χ2v) is 7.99. The van der Waals surface area contributed by atoms with Gasteiger partial charge in [0.25, 0.3) is 0 Å². The molecule has 0 aliphatic rings. The van der Waals surface area contributed by atoms with E-state index in [0.717, 1.165) is 0 Å². The van der Waals surface area contributed by atoms with E-state index in [1.54, 1.807) is 47.3 Å². The lowest BCUT2D eigenvalue weighted by atomic mass is 10.3. The summed E-state index contributed by atoms with van der Waals surface area (Å²) >= 11 is 8.34. The van der Waals surface area contributed by atoms with E-state index in [0.29, 0.717) is 32.3 Å². The first-order valence-electron chi connectivity index (χ1n) is 8.33. The molecule has 0 atom stereocenters. The number of aromatic nitrogens is 3. The number of carbonyl (C=O) groups excluding carboxylic acids is 2. The van der Waals surface area contributed by atoms with Gasteiger partial charge in [-0.2, -0.15) is 0 Å². The van der Waals surface area contributed by atoms with Crippen molar-refractivity contribution in [2.45, 2.75) is 11.8 Å². The average Bonchev–Trinajstić information content (AvgIpc) is 3.32. The van der Waals surface area contributed by atoms with Crippen molar-refractivity contribution in [2.75, 3.05) is 18.2 Å². The van der Waals surface area contributed by atoms with Gasteiger partial charge < -0.3 is 19.4 Å². The molecule has 152 valence electrons. The highest BCUT2D eigenvalue weighted by atomic mass is 35.5. The highest BCUT2D eigenvalue weighted by Crippen LogP contribution is 2.25. The molecule has 0 aliphatic heterocycles. The minimum absolute atomic E-state index is 0.114. The summed E-state index contributed by atoms with van der Waals surface area (Å²) in [6.07, 6.45) is 0. The molecule has 2 heterocycles. The second kappa shape index (κ2) is 9.77. The molecular formula is C18H17ClN4O4S2. The smallest absolute Gasteiger partial charge is 0.340 e. The van der Waals surface area contributed by atoms with Gasteiger partial charge in [0.05, 0.1) is 18.4 Å². The molecule has 0 saturated heterocycles. The van der Waals surface area contributed by atoms with E-state index < -0.39 is 5.97 Å². The summed E-state index contributed by atoms with van der Waals surface area (Å²) in [5.41, 5.74) is 0.330. The monoisotopic (exact) mass is 452 g/mol. The van der Waals surface area contributed by atoms with E-state index in [2.05, 4.69) is 15.5 Å². The van der Waals surface area contributed by atoms with Crippen LogP contribution in [0.1, 0.15) is 16.2 Å².